The predicted octanol–water partition coefficient (Wildman–Crippen LogP) is 8.14. The normalized spacial score (nSPS) is 15.2. The molecule has 0 spiro atoms. The van der Waals surface area contributed by atoms with E-state index in [1.807, 2.05) is 23.1 Å². The monoisotopic (exact) mass is 567 g/mol. The van der Waals surface area contributed by atoms with Crippen molar-refractivity contribution in [1.82, 2.24) is 9.88 Å². The van der Waals surface area contributed by atoms with Gasteiger partial charge in [0.25, 0.3) is 0 Å². The highest BCUT2D eigenvalue weighted by Gasteiger charge is 2.31. The average Bonchev–Trinajstić information content (AvgIpc) is 3.45. The number of carboxylic acid groups (broad SMARTS) is 1. The molecule has 5 rings (SSSR count). The molecule has 214 valence electrons. The largest absolute Gasteiger partial charge is 0.480 e. The molecule has 1 aromatic heterocycles. The minimum absolute atomic E-state index is 0.529. The van der Waals surface area contributed by atoms with Gasteiger partial charge in [-0.25, -0.2) is 4.98 Å². The molecule has 0 unspecified atom stereocenters. The van der Waals surface area contributed by atoms with Crippen molar-refractivity contribution in [2.45, 2.75) is 77.5 Å². The number of hydrogen-bond donors (Lipinski definition) is 1. The van der Waals surface area contributed by atoms with E-state index in [-0.39, 0.29) is 0 Å². The van der Waals surface area contributed by atoms with Crippen LogP contribution >= 0.6 is 11.3 Å². The third-order valence-electron chi connectivity index (χ3n) is 8.27. The van der Waals surface area contributed by atoms with Crippen LogP contribution in [0.3, 0.4) is 0 Å². The Hall–Kier alpha value is -3.48. The summed E-state index contributed by atoms with van der Waals surface area (Å²) in [5.41, 5.74) is 8.30. The van der Waals surface area contributed by atoms with E-state index in [1.165, 1.54) is 48.1 Å². The van der Waals surface area contributed by atoms with Gasteiger partial charge < -0.3 is 10.0 Å². The number of anilines is 1. The molecule has 0 fully saturated rings. The minimum Gasteiger partial charge on any atom is -0.480 e. The average molecular weight is 568 g/mol. The highest BCUT2D eigenvalue weighted by atomic mass is 32.1. The van der Waals surface area contributed by atoms with E-state index in [0.29, 0.717) is 25.4 Å². The van der Waals surface area contributed by atoms with Crippen LogP contribution in [0.15, 0.2) is 78.2 Å². The van der Waals surface area contributed by atoms with Crippen LogP contribution in [0.2, 0.25) is 0 Å². The van der Waals surface area contributed by atoms with E-state index >= 15 is 0 Å². The maximum atomic E-state index is 12.0. The van der Waals surface area contributed by atoms with Gasteiger partial charge in [-0.05, 0) is 59.6 Å². The fraction of sp³-hybridized carbons (Fsp3) is 0.371. The molecule has 5 nitrogen and oxygen atoms in total. The standard InChI is InChI=1S/C35H41N3O2S/c1-4-8-26(9-5-2)27-16-18-31(19-17-27)37(3)21-25-12-14-28(15-13-25)32-24-41-34(36-32)23-38-22-30-11-7-6-10-29(30)20-33(38)35(39)40/h6-7,10-19,24,26,33H,4-5,8-9,20-23H2,1-3H3,(H,39,40)/t33-/m0/s1. The summed E-state index contributed by atoms with van der Waals surface area (Å²) in [6.45, 7) is 6.55. The number of fused-ring (bicyclic) bond motifs is 1. The van der Waals surface area contributed by atoms with Gasteiger partial charge in [0.05, 0.1) is 12.2 Å². The topological polar surface area (TPSA) is 56.7 Å². The summed E-state index contributed by atoms with van der Waals surface area (Å²) >= 11 is 1.60. The number of nitrogens with zero attached hydrogens (tertiary/aromatic N) is 3. The third kappa shape index (κ3) is 7.06. The van der Waals surface area contributed by atoms with Crippen LogP contribution < -0.4 is 4.90 Å². The molecule has 4 aromatic rings. The molecule has 0 aliphatic carbocycles. The van der Waals surface area contributed by atoms with Crippen molar-refractivity contribution in [3.8, 4) is 11.3 Å². The van der Waals surface area contributed by atoms with Crippen LogP contribution in [-0.2, 0) is 30.8 Å². The number of aliphatic carboxylic acids is 1. The molecule has 0 amide bonds. The van der Waals surface area contributed by atoms with E-state index in [2.05, 4.69) is 85.8 Å². The highest BCUT2D eigenvalue weighted by Crippen LogP contribution is 2.30. The molecule has 6 heteroatoms. The summed E-state index contributed by atoms with van der Waals surface area (Å²) in [7, 11) is 2.15. The first-order valence-corrected chi connectivity index (χ1v) is 15.7. The van der Waals surface area contributed by atoms with Gasteiger partial charge in [0.2, 0.25) is 0 Å². The van der Waals surface area contributed by atoms with Crippen LogP contribution in [0.4, 0.5) is 5.69 Å². The number of aromatic nitrogens is 1. The lowest BCUT2D eigenvalue weighted by Crippen LogP contribution is -2.44. The number of carbonyl (C=O) groups is 1. The number of benzene rings is 3. The first kappa shape index (κ1) is 29.0. The number of thiazole rings is 1. The van der Waals surface area contributed by atoms with Crippen molar-refractivity contribution < 1.29 is 9.90 Å². The minimum atomic E-state index is -0.773. The van der Waals surface area contributed by atoms with Gasteiger partial charge in [0, 0.05) is 36.8 Å². The van der Waals surface area contributed by atoms with E-state index < -0.39 is 12.0 Å². The summed E-state index contributed by atoms with van der Waals surface area (Å²) in [5, 5.41) is 12.9. The lowest BCUT2D eigenvalue weighted by Gasteiger charge is -2.33. The Labute approximate surface area is 248 Å². The van der Waals surface area contributed by atoms with Crippen molar-refractivity contribution in [2.24, 2.45) is 0 Å². The fourth-order valence-corrected chi connectivity index (χ4v) is 6.83. The zero-order chi connectivity index (χ0) is 28.8. The van der Waals surface area contributed by atoms with Crippen molar-refractivity contribution >= 4 is 23.0 Å². The van der Waals surface area contributed by atoms with Gasteiger partial charge in [-0.15, -0.1) is 11.3 Å². The Balaban J connectivity index is 1.21. The lowest BCUT2D eigenvalue weighted by atomic mass is 9.90. The number of rotatable bonds is 12. The first-order valence-electron chi connectivity index (χ1n) is 14.8. The Morgan fingerprint density at radius 1 is 1.00 bits per heavy atom. The lowest BCUT2D eigenvalue weighted by molar-refractivity contribution is -0.144. The summed E-state index contributed by atoms with van der Waals surface area (Å²) < 4.78 is 0. The van der Waals surface area contributed by atoms with Crippen LogP contribution in [-0.4, -0.2) is 34.0 Å². The van der Waals surface area contributed by atoms with Crippen molar-refractivity contribution in [1.29, 1.82) is 0 Å². The smallest absolute Gasteiger partial charge is 0.321 e. The third-order valence-corrected chi connectivity index (χ3v) is 9.10. The van der Waals surface area contributed by atoms with Crippen molar-refractivity contribution in [2.75, 3.05) is 11.9 Å². The quantitative estimate of drug-likeness (QED) is 0.187. The maximum absolute atomic E-state index is 12.0. The number of hydrogen-bond acceptors (Lipinski definition) is 5. The summed E-state index contributed by atoms with van der Waals surface area (Å²) in [6.07, 6.45) is 5.49. The second kappa shape index (κ2) is 13.5. The van der Waals surface area contributed by atoms with E-state index in [1.54, 1.807) is 11.3 Å². The maximum Gasteiger partial charge on any atom is 0.321 e. The molecular formula is C35H41N3O2S. The Bertz CT molecular complexity index is 1420. The zero-order valence-electron chi connectivity index (χ0n) is 24.4. The molecule has 0 radical (unpaired) electrons. The molecule has 0 saturated carbocycles. The number of carboxylic acids is 1. The van der Waals surface area contributed by atoms with Gasteiger partial charge in [-0.3, -0.25) is 9.69 Å². The molecule has 3 aromatic carbocycles. The second-order valence-electron chi connectivity index (χ2n) is 11.3. The van der Waals surface area contributed by atoms with E-state index in [9.17, 15) is 9.90 Å². The molecular weight excluding hydrogens is 526 g/mol. The summed E-state index contributed by atoms with van der Waals surface area (Å²) in [4.78, 5) is 21.2. The van der Waals surface area contributed by atoms with E-state index in [0.717, 1.165) is 28.4 Å². The molecule has 1 aliphatic heterocycles. The van der Waals surface area contributed by atoms with Crippen molar-refractivity contribution in [3.05, 3.63) is 105 Å². The molecule has 0 bridgehead atoms. The van der Waals surface area contributed by atoms with Crippen LogP contribution in [0.1, 0.15) is 72.7 Å². The molecule has 1 atom stereocenters. The molecule has 0 saturated heterocycles. The Kier molecular flexibility index (Phi) is 9.53. The van der Waals surface area contributed by atoms with Crippen LogP contribution in [0, 0.1) is 0 Å². The second-order valence-corrected chi connectivity index (χ2v) is 12.2. The van der Waals surface area contributed by atoms with Crippen LogP contribution in [0.5, 0.6) is 0 Å². The highest BCUT2D eigenvalue weighted by molar-refractivity contribution is 7.09. The first-order chi connectivity index (χ1) is 19.9. The summed E-state index contributed by atoms with van der Waals surface area (Å²) in [5.74, 6) is -0.108. The molecule has 41 heavy (non-hydrogen) atoms. The Morgan fingerprint density at radius 2 is 1.68 bits per heavy atom. The van der Waals surface area contributed by atoms with Gasteiger partial charge in [0.1, 0.15) is 11.0 Å². The molecule has 2 heterocycles. The van der Waals surface area contributed by atoms with Gasteiger partial charge in [0.15, 0.2) is 0 Å². The van der Waals surface area contributed by atoms with Gasteiger partial charge >= 0.3 is 5.97 Å². The van der Waals surface area contributed by atoms with Crippen LogP contribution in [0.25, 0.3) is 11.3 Å². The zero-order valence-corrected chi connectivity index (χ0v) is 25.2. The van der Waals surface area contributed by atoms with Gasteiger partial charge in [-0.1, -0.05) is 87.4 Å². The van der Waals surface area contributed by atoms with E-state index in [4.69, 9.17) is 4.98 Å². The SMILES string of the molecule is CCCC(CCC)c1ccc(N(C)Cc2ccc(-c3csc(CN4Cc5ccccc5C[C@H]4C(=O)O)n3)cc2)cc1. The molecule has 1 aliphatic rings. The van der Waals surface area contributed by atoms with Gasteiger partial charge in [-0.2, -0.15) is 0 Å². The predicted molar refractivity (Wildman–Crippen MR) is 169 cm³/mol. The van der Waals surface area contributed by atoms with Crippen molar-refractivity contribution in [3.63, 3.8) is 0 Å². The fourth-order valence-electron chi connectivity index (χ4n) is 6.00. The molecule has 1 N–H and O–H groups in total. The summed E-state index contributed by atoms with van der Waals surface area (Å²) in [6, 6.07) is 25.4. The Morgan fingerprint density at radius 3 is 2.34 bits per heavy atom.